The number of hydrogen-bond donors (Lipinski definition) is 1. The number of anilines is 1. The van der Waals surface area contributed by atoms with Crippen molar-refractivity contribution in [1.29, 1.82) is 0 Å². The topological polar surface area (TPSA) is 15.3 Å². The summed E-state index contributed by atoms with van der Waals surface area (Å²) in [7, 11) is 0. The summed E-state index contributed by atoms with van der Waals surface area (Å²) in [5.74, 6) is 0. The largest absolute Gasteiger partial charge is 0.384 e. The summed E-state index contributed by atoms with van der Waals surface area (Å²) in [5.41, 5.74) is 3.21. The van der Waals surface area contributed by atoms with E-state index in [-0.39, 0.29) is 0 Å². The number of aryl methyl sites for hydroxylation is 1. The molecule has 0 amide bonds. The van der Waals surface area contributed by atoms with Gasteiger partial charge in [-0.1, -0.05) is 38.5 Å². The molecule has 1 fully saturated rings. The van der Waals surface area contributed by atoms with Crippen molar-refractivity contribution in [2.45, 2.75) is 40.0 Å². The van der Waals surface area contributed by atoms with Crippen LogP contribution in [-0.2, 0) is 0 Å². The van der Waals surface area contributed by atoms with Crippen LogP contribution >= 0.6 is 0 Å². The van der Waals surface area contributed by atoms with Gasteiger partial charge in [-0.2, -0.15) is 0 Å². The predicted molar refractivity (Wildman–Crippen MR) is 83.7 cm³/mol. The highest BCUT2D eigenvalue weighted by molar-refractivity contribution is 5.50. The summed E-state index contributed by atoms with van der Waals surface area (Å²) in [5, 5.41) is 3.55. The molecule has 0 bridgehead atoms. The van der Waals surface area contributed by atoms with Crippen LogP contribution in [0.2, 0.25) is 0 Å². The van der Waals surface area contributed by atoms with Gasteiger partial charge in [-0.05, 0) is 49.9 Å². The molecular weight excluding hydrogens is 232 g/mol. The molecule has 0 aliphatic carbocycles. The van der Waals surface area contributed by atoms with E-state index in [2.05, 4.69) is 55.3 Å². The van der Waals surface area contributed by atoms with Gasteiger partial charge in [-0.15, -0.1) is 0 Å². The van der Waals surface area contributed by atoms with Crippen molar-refractivity contribution >= 4 is 5.69 Å². The molecule has 1 heterocycles. The third-order valence-corrected chi connectivity index (χ3v) is 4.81. The highest BCUT2D eigenvalue weighted by Crippen LogP contribution is 2.33. The second-order valence-corrected chi connectivity index (χ2v) is 6.25. The van der Waals surface area contributed by atoms with Crippen molar-refractivity contribution in [1.82, 2.24) is 4.90 Å². The molecule has 106 valence electrons. The van der Waals surface area contributed by atoms with E-state index in [1.54, 1.807) is 0 Å². The van der Waals surface area contributed by atoms with E-state index in [9.17, 15) is 0 Å². The van der Waals surface area contributed by atoms with Crippen molar-refractivity contribution in [3.63, 3.8) is 0 Å². The molecule has 0 spiro atoms. The van der Waals surface area contributed by atoms with E-state index in [0.29, 0.717) is 5.41 Å². The van der Waals surface area contributed by atoms with Gasteiger partial charge in [-0.3, -0.25) is 0 Å². The van der Waals surface area contributed by atoms with Crippen LogP contribution in [-0.4, -0.2) is 31.1 Å². The van der Waals surface area contributed by atoms with Gasteiger partial charge in [-0.25, -0.2) is 0 Å². The zero-order valence-electron chi connectivity index (χ0n) is 12.7. The minimum absolute atomic E-state index is 0.597. The first-order valence-corrected chi connectivity index (χ1v) is 7.65. The number of rotatable bonds is 5. The maximum Gasteiger partial charge on any atom is 0.0370 e. The van der Waals surface area contributed by atoms with Crippen LogP contribution in [0, 0.1) is 12.3 Å². The van der Waals surface area contributed by atoms with Gasteiger partial charge in [0.25, 0.3) is 0 Å². The molecule has 0 unspecified atom stereocenters. The quantitative estimate of drug-likeness (QED) is 0.863. The summed E-state index contributed by atoms with van der Waals surface area (Å²) in [4.78, 5) is 2.60. The fourth-order valence-corrected chi connectivity index (χ4v) is 2.79. The maximum absolute atomic E-state index is 3.55. The van der Waals surface area contributed by atoms with E-state index in [1.807, 2.05) is 0 Å². The van der Waals surface area contributed by atoms with Gasteiger partial charge in [0.2, 0.25) is 0 Å². The van der Waals surface area contributed by atoms with Crippen molar-refractivity contribution in [2.24, 2.45) is 5.41 Å². The molecule has 1 aromatic rings. The Hall–Kier alpha value is -1.02. The molecule has 2 nitrogen and oxygen atoms in total. The van der Waals surface area contributed by atoms with E-state index in [1.165, 1.54) is 43.6 Å². The lowest BCUT2D eigenvalue weighted by atomic mass is 9.78. The third-order valence-electron chi connectivity index (χ3n) is 4.81. The average Bonchev–Trinajstić information content (AvgIpc) is 2.43. The first kappa shape index (κ1) is 14.4. The van der Waals surface area contributed by atoms with E-state index in [0.717, 1.165) is 13.1 Å². The zero-order chi connectivity index (χ0) is 13.7. The van der Waals surface area contributed by atoms with Crippen LogP contribution in [0.4, 0.5) is 5.69 Å². The van der Waals surface area contributed by atoms with Gasteiger partial charge in [0.05, 0.1) is 0 Å². The number of para-hydroxylation sites is 1. The monoisotopic (exact) mass is 260 g/mol. The van der Waals surface area contributed by atoms with Crippen LogP contribution in [0.25, 0.3) is 0 Å². The molecule has 1 N–H and O–H groups in total. The van der Waals surface area contributed by atoms with E-state index < -0.39 is 0 Å². The van der Waals surface area contributed by atoms with Gasteiger partial charge in [0.1, 0.15) is 0 Å². The van der Waals surface area contributed by atoms with Crippen LogP contribution < -0.4 is 5.32 Å². The van der Waals surface area contributed by atoms with Crippen LogP contribution in [0.1, 0.15) is 38.7 Å². The summed E-state index contributed by atoms with van der Waals surface area (Å²) in [6.45, 7) is 11.7. The Kier molecular flexibility index (Phi) is 4.87. The summed E-state index contributed by atoms with van der Waals surface area (Å²) < 4.78 is 0. The molecule has 2 heteroatoms. The van der Waals surface area contributed by atoms with Gasteiger partial charge < -0.3 is 10.2 Å². The first-order chi connectivity index (χ1) is 9.13. The average molecular weight is 260 g/mol. The van der Waals surface area contributed by atoms with Crippen LogP contribution in [0.5, 0.6) is 0 Å². The Bertz CT molecular complexity index is 392. The van der Waals surface area contributed by atoms with Crippen molar-refractivity contribution in [3.05, 3.63) is 29.8 Å². The Morgan fingerprint density at radius 1 is 1.21 bits per heavy atom. The lowest BCUT2D eigenvalue weighted by Crippen LogP contribution is -2.40. The smallest absolute Gasteiger partial charge is 0.0370 e. The molecule has 2 rings (SSSR count). The van der Waals surface area contributed by atoms with Gasteiger partial charge in [0, 0.05) is 18.8 Å². The fourth-order valence-electron chi connectivity index (χ4n) is 2.79. The maximum atomic E-state index is 3.55. The Morgan fingerprint density at radius 3 is 2.53 bits per heavy atom. The molecule has 0 radical (unpaired) electrons. The van der Waals surface area contributed by atoms with Crippen LogP contribution in [0.3, 0.4) is 0 Å². The lowest BCUT2D eigenvalue weighted by Gasteiger charge is -2.39. The molecular formula is C17H28N2. The number of hydrogen-bond acceptors (Lipinski definition) is 2. The van der Waals surface area contributed by atoms with E-state index >= 15 is 0 Å². The second kappa shape index (κ2) is 6.42. The highest BCUT2D eigenvalue weighted by Gasteiger charge is 2.27. The number of piperidine rings is 1. The second-order valence-electron chi connectivity index (χ2n) is 6.25. The summed E-state index contributed by atoms with van der Waals surface area (Å²) in [6, 6.07) is 8.52. The number of nitrogens with one attached hydrogen (secondary N) is 1. The minimum Gasteiger partial charge on any atom is -0.384 e. The molecule has 1 aromatic carbocycles. The molecule has 0 atom stereocenters. The number of nitrogens with zero attached hydrogens (tertiary/aromatic N) is 1. The summed E-state index contributed by atoms with van der Waals surface area (Å²) >= 11 is 0. The standard InChI is InChI=1S/C17H28N2/c1-4-17(3)9-12-19(13-10-17)14-11-18-16-8-6-5-7-15(16)2/h5-8,18H,4,9-14H2,1-3H3. The Balaban J connectivity index is 1.72. The van der Waals surface area contributed by atoms with E-state index in [4.69, 9.17) is 0 Å². The molecule has 1 aliphatic rings. The normalized spacial score (nSPS) is 19.3. The molecule has 1 aliphatic heterocycles. The Morgan fingerprint density at radius 2 is 1.89 bits per heavy atom. The van der Waals surface area contributed by atoms with Gasteiger partial charge >= 0.3 is 0 Å². The van der Waals surface area contributed by atoms with Crippen molar-refractivity contribution in [3.8, 4) is 0 Å². The Labute approximate surface area is 118 Å². The molecule has 0 saturated carbocycles. The summed E-state index contributed by atoms with van der Waals surface area (Å²) in [6.07, 6.45) is 4.03. The van der Waals surface area contributed by atoms with Crippen molar-refractivity contribution < 1.29 is 0 Å². The van der Waals surface area contributed by atoms with Crippen molar-refractivity contribution in [2.75, 3.05) is 31.5 Å². The lowest BCUT2D eigenvalue weighted by molar-refractivity contribution is 0.118. The van der Waals surface area contributed by atoms with Gasteiger partial charge in [0.15, 0.2) is 0 Å². The molecule has 19 heavy (non-hydrogen) atoms. The zero-order valence-corrected chi connectivity index (χ0v) is 12.7. The third kappa shape index (κ3) is 3.97. The number of likely N-dealkylation sites (tertiary alicyclic amines) is 1. The molecule has 0 aromatic heterocycles. The van der Waals surface area contributed by atoms with Crippen LogP contribution in [0.15, 0.2) is 24.3 Å². The predicted octanol–water partition coefficient (Wildman–Crippen LogP) is 3.92. The fraction of sp³-hybridized carbons (Fsp3) is 0.647. The first-order valence-electron chi connectivity index (χ1n) is 7.65. The highest BCUT2D eigenvalue weighted by atomic mass is 15.1. The SMILES string of the molecule is CCC1(C)CCN(CCNc2ccccc2C)CC1. The molecule has 1 saturated heterocycles. The number of benzene rings is 1. The minimum atomic E-state index is 0.597.